The van der Waals surface area contributed by atoms with E-state index in [1.54, 1.807) is 5.32 Å². The minimum Gasteiger partial charge on any atom is -0.482 e. The predicted octanol–water partition coefficient (Wildman–Crippen LogP) is 1.02. The molecule has 0 fully saturated rings. The van der Waals surface area contributed by atoms with Gasteiger partial charge in [0.1, 0.15) is 12.3 Å². The molecule has 0 saturated carbocycles. The molecule has 0 aliphatic heterocycles. The molecule has 0 radical (unpaired) electrons. The molecule has 0 aromatic heterocycles. The Morgan fingerprint density at radius 1 is 1.35 bits per heavy atom. The maximum absolute atomic E-state index is 11.8. The molecule has 9 heteroatoms. The van der Waals surface area contributed by atoms with Crippen LogP contribution in [0.5, 0.6) is 5.75 Å². The number of ether oxygens (including phenoxy) is 1. The number of carbonyl (C=O) groups excluding carboxylic acids is 1. The van der Waals surface area contributed by atoms with Crippen LogP contribution in [-0.4, -0.2) is 36.3 Å². The van der Waals surface area contributed by atoms with Crippen molar-refractivity contribution in [2.45, 2.75) is 6.18 Å². The molecular formula is C11H11F3N2O4. The zero-order valence-electron chi connectivity index (χ0n) is 10.0. The summed E-state index contributed by atoms with van der Waals surface area (Å²) in [5, 5.41) is 10.3. The fourth-order valence-electron chi connectivity index (χ4n) is 1.21. The van der Waals surface area contributed by atoms with E-state index in [0.717, 1.165) is 6.07 Å². The molecule has 6 nitrogen and oxygen atoms in total. The zero-order chi connectivity index (χ0) is 15.3. The molecule has 0 heterocycles. The third-order valence-corrected chi connectivity index (χ3v) is 2.10. The van der Waals surface area contributed by atoms with Gasteiger partial charge in [-0.2, -0.15) is 13.2 Å². The summed E-state index contributed by atoms with van der Waals surface area (Å²) in [4.78, 5) is 21.7. The number of carboxylic acid groups (broad SMARTS) is 1. The van der Waals surface area contributed by atoms with E-state index in [1.165, 1.54) is 12.1 Å². The summed E-state index contributed by atoms with van der Waals surface area (Å²) in [5.41, 5.74) is 5.38. The van der Waals surface area contributed by atoms with Crippen molar-refractivity contribution < 1.29 is 32.6 Å². The van der Waals surface area contributed by atoms with Crippen molar-refractivity contribution in [3.63, 3.8) is 0 Å². The van der Waals surface area contributed by atoms with Crippen LogP contribution in [0, 0.1) is 0 Å². The van der Waals surface area contributed by atoms with Crippen LogP contribution >= 0.6 is 0 Å². The number of aromatic carboxylic acids is 1. The number of halogens is 3. The van der Waals surface area contributed by atoms with Crippen LogP contribution in [0.1, 0.15) is 10.4 Å². The Bertz CT molecular complexity index is 517. The largest absolute Gasteiger partial charge is 0.482 e. The van der Waals surface area contributed by atoms with Gasteiger partial charge >= 0.3 is 12.1 Å². The number of alkyl halides is 3. The van der Waals surface area contributed by atoms with Gasteiger partial charge in [0.05, 0.1) is 11.3 Å². The third kappa shape index (κ3) is 5.04. The van der Waals surface area contributed by atoms with Gasteiger partial charge in [0.15, 0.2) is 6.61 Å². The summed E-state index contributed by atoms with van der Waals surface area (Å²) in [6.45, 7) is -2.12. The van der Waals surface area contributed by atoms with Crippen molar-refractivity contribution in [2.75, 3.05) is 18.9 Å². The molecule has 0 bridgehead atoms. The van der Waals surface area contributed by atoms with Crippen molar-refractivity contribution in [2.24, 2.45) is 0 Å². The monoisotopic (exact) mass is 292 g/mol. The van der Waals surface area contributed by atoms with Gasteiger partial charge in [0.2, 0.25) is 0 Å². The van der Waals surface area contributed by atoms with Gasteiger partial charge < -0.3 is 20.9 Å². The second kappa shape index (κ2) is 6.13. The van der Waals surface area contributed by atoms with Crippen LogP contribution in [0.2, 0.25) is 0 Å². The number of nitrogens with two attached hydrogens (primary N) is 1. The van der Waals surface area contributed by atoms with Gasteiger partial charge in [-0.05, 0) is 18.2 Å². The molecule has 1 rings (SSSR count). The molecule has 1 aromatic carbocycles. The van der Waals surface area contributed by atoms with E-state index in [2.05, 4.69) is 0 Å². The lowest BCUT2D eigenvalue weighted by molar-refractivity contribution is -0.139. The predicted molar refractivity (Wildman–Crippen MR) is 62.4 cm³/mol. The first-order valence-corrected chi connectivity index (χ1v) is 5.28. The molecule has 4 N–H and O–H groups in total. The Balaban J connectivity index is 2.54. The van der Waals surface area contributed by atoms with Crippen LogP contribution in [0.15, 0.2) is 18.2 Å². The minimum absolute atomic E-state index is 0.0113. The highest BCUT2D eigenvalue weighted by atomic mass is 19.4. The summed E-state index contributed by atoms with van der Waals surface area (Å²) in [5.74, 6) is -2.15. The lowest BCUT2D eigenvalue weighted by Gasteiger charge is -2.11. The number of carbonyl (C=O) groups is 2. The standard InChI is InChI=1S/C11H11F3N2O4/c12-11(13,14)5-16-9(17)4-20-8-2-1-6(10(18)19)3-7(8)15/h1-3H,4-5,15H2,(H,16,17)(H,18,19). The summed E-state index contributed by atoms with van der Waals surface area (Å²) < 4.78 is 40.4. The highest BCUT2D eigenvalue weighted by molar-refractivity contribution is 5.89. The van der Waals surface area contributed by atoms with E-state index >= 15 is 0 Å². The summed E-state index contributed by atoms with van der Waals surface area (Å²) in [6, 6.07) is 3.53. The first-order valence-electron chi connectivity index (χ1n) is 5.28. The van der Waals surface area contributed by atoms with Gasteiger partial charge in [-0.3, -0.25) is 4.79 Å². The molecule has 20 heavy (non-hydrogen) atoms. The van der Waals surface area contributed by atoms with Crippen LogP contribution in [0.3, 0.4) is 0 Å². The lowest BCUT2D eigenvalue weighted by atomic mass is 10.2. The first kappa shape index (κ1) is 15.6. The minimum atomic E-state index is -4.50. The van der Waals surface area contributed by atoms with Crippen LogP contribution < -0.4 is 15.8 Å². The normalized spacial score (nSPS) is 10.9. The molecule has 0 unspecified atom stereocenters. The zero-order valence-corrected chi connectivity index (χ0v) is 10.0. The van der Waals surface area contributed by atoms with E-state index in [0.29, 0.717) is 0 Å². The van der Waals surface area contributed by atoms with Gasteiger partial charge in [-0.15, -0.1) is 0 Å². The number of hydrogen-bond donors (Lipinski definition) is 3. The summed E-state index contributed by atoms with van der Waals surface area (Å²) in [7, 11) is 0. The number of benzene rings is 1. The molecular weight excluding hydrogens is 281 g/mol. The quantitative estimate of drug-likeness (QED) is 0.703. The van der Waals surface area contributed by atoms with Gasteiger partial charge in [-0.25, -0.2) is 4.79 Å². The number of nitrogen functional groups attached to an aromatic ring is 1. The highest BCUT2D eigenvalue weighted by Gasteiger charge is 2.27. The Labute approximate surface area is 111 Å². The van der Waals surface area contributed by atoms with Gasteiger partial charge in [-0.1, -0.05) is 0 Å². The lowest BCUT2D eigenvalue weighted by Crippen LogP contribution is -2.36. The Morgan fingerprint density at radius 2 is 2.00 bits per heavy atom. The Hall–Kier alpha value is -2.45. The molecule has 110 valence electrons. The van der Waals surface area contributed by atoms with Crippen molar-refractivity contribution in [1.29, 1.82) is 0 Å². The van der Waals surface area contributed by atoms with Crippen molar-refractivity contribution in [1.82, 2.24) is 5.32 Å². The Kier molecular flexibility index (Phi) is 4.78. The molecule has 0 aliphatic carbocycles. The van der Waals surface area contributed by atoms with Crippen molar-refractivity contribution in [3.8, 4) is 5.75 Å². The van der Waals surface area contributed by atoms with Crippen LogP contribution in [0.4, 0.5) is 18.9 Å². The maximum Gasteiger partial charge on any atom is 0.405 e. The summed E-state index contributed by atoms with van der Waals surface area (Å²) >= 11 is 0. The van der Waals surface area contributed by atoms with E-state index < -0.39 is 31.2 Å². The third-order valence-electron chi connectivity index (χ3n) is 2.10. The molecule has 1 amide bonds. The maximum atomic E-state index is 11.8. The van der Waals surface area contributed by atoms with E-state index in [9.17, 15) is 22.8 Å². The van der Waals surface area contributed by atoms with Crippen molar-refractivity contribution in [3.05, 3.63) is 23.8 Å². The second-order valence-corrected chi connectivity index (χ2v) is 3.74. The number of amides is 1. The van der Waals surface area contributed by atoms with E-state index in [1.807, 2.05) is 0 Å². The van der Waals surface area contributed by atoms with Crippen LogP contribution in [-0.2, 0) is 4.79 Å². The molecule has 1 aromatic rings. The Morgan fingerprint density at radius 3 is 2.50 bits per heavy atom. The second-order valence-electron chi connectivity index (χ2n) is 3.74. The van der Waals surface area contributed by atoms with Gasteiger partial charge in [0, 0.05) is 0 Å². The fourth-order valence-corrected chi connectivity index (χ4v) is 1.21. The topological polar surface area (TPSA) is 102 Å². The SMILES string of the molecule is Nc1cc(C(=O)O)ccc1OCC(=O)NCC(F)(F)F. The van der Waals surface area contributed by atoms with E-state index in [4.69, 9.17) is 15.6 Å². The smallest absolute Gasteiger partial charge is 0.405 e. The molecule has 0 spiro atoms. The number of hydrogen-bond acceptors (Lipinski definition) is 4. The first-order chi connectivity index (χ1) is 9.19. The molecule has 0 saturated heterocycles. The highest BCUT2D eigenvalue weighted by Crippen LogP contribution is 2.22. The van der Waals surface area contributed by atoms with E-state index in [-0.39, 0.29) is 17.0 Å². The van der Waals surface area contributed by atoms with Crippen molar-refractivity contribution >= 4 is 17.6 Å². The number of nitrogens with one attached hydrogen (secondary N) is 1. The number of anilines is 1. The van der Waals surface area contributed by atoms with Crippen LogP contribution in [0.25, 0.3) is 0 Å². The average Bonchev–Trinajstić information content (AvgIpc) is 2.33. The summed E-state index contributed by atoms with van der Waals surface area (Å²) in [6.07, 6.45) is -4.50. The number of carboxylic acids is 1. The molecule has 0 atom stereocenters. The van der Waals surface area contributed by atoms with Gasteiger partial charge in [0.25, 0.3) is 5.91 Å². The average molecular weight is 292 g/mol. The molecule has 0 aliphatic rings. The number of rotatable bonds is 5. The fraction of sp³-hybridized carbons (Fsp3) is 0.273.